The number of carbonyl (C=O) groups is 1. The van der Waals surface area contributed by atoms with Crippen LogP contribution in [0.3, 0.4) is 0 Å². The first-order valence-corrected chi connectivity index (χ1v) is 6.09. The van der Waals surface area contributed by atoms with Gasteiger partial charge in [-0.3, -0.25) is 14.4 Å². The second-order valence-electron chi connectivity index (χ2n) is 5.44. The molecular weight excluding hydrogens is 232 g/mol. The topological polar surface area (TPSA) is 61.6 Å². The van der Waals surface area contributed by atoms with Crippen LogP contribution in [0.5, 0.6) is 0 Å². The van der Waals surface area contributed by atoms with Crippen LogP contribution < -0.4 is 4.90 Å². The number of hydrogen-bond acceptors (Lipinski definition) is 4. The average molecular weight is 252 g/mol. The van der Waals surface area contributed by atoms with Gasteiger partial charge in [0, 0.05) is 32.9 Å². The van der Waals surface area contributed by atoms with Gasteiger partial charge < -0.3 is 10.0 Å². The van der Waals surface area contributed by atoms with Gasteiger partial charge in [-0.1, -0.05) is 0 Å². The number of piperazine rings is 1. The number of rotatable bonds is 3. The number of aromatic nitrogens is 2. The van der Waals surface area contributed by atoms with Gasteiger partial charge in [0.25, 0.3) is 0 Å². The summed E-state index contributed by atoms with van der Waals surface area (Å²) in [7, 11) is 1.83. The minimum absolute atomic E-state index is 0.0542. The largest absolute Gasteiger partial charge is 0.389 e. The fourth-order valence-corrected chi connectivity index (χ4v) is 2.22. The van der Waals surface area contributed by atoms with Gasteiger partial charge in [0.2, 0.25) is 5.91 Å². The van der Waals surface area contributed by atoms with E-state index in [-0.39, 0.29) is 5.91 Å². The summed E-state index contributed by atoms with van der Waals surface area (Å²) >= 11 is 0. The first kappa shape index (κ1) is 13.0. The molecule has 0 spiro atoms. The Bertz CT molecular complexity index is 436. The minimum Gasteiger partial charge on any atom is -0.389 e. The number of amides is 1. The second-order valence-corrected chi connectivity index (χ2v) is 5.44. The van der Waals surface area contributed by atoms with Crippen molar-refractivity contribution in [3.63, 3.8) is 0 Å². The molecule has 0 aliphatic carbocycles. The molecule has 0 aromatic carbocycles. The van der Waals surface area contributed by atoms with Gasteiger partial charge in [0.1, 0.15) is 0 Å². The number of aliphatic hydroxyl groups is 1. The van der Waals surface area contributed by atoms with Crippen LogP contribution >= 0.6 is 0 Å². The fourth-order valence-electron chi connectivity index (χ4n) is 2.22. The standard InChI is InChI=1S/C12H20N4O2/c1-12(2,18)9-15-4-5-16(11(17)8-15)10-6-13-14(3)7-10/h6-7,18H,4-5,8-9H2,1-3H3. The highest BCUT2D eigenvalue weighted by Gasteiger charge is 2.28. The highest BCUT2D eigenvalue weighted by molar-refractivity contribution is 5.95. The summed E-state index contributed by atoms with van der Waals surface area (Å²) < 4.78 is 1.69. The summed E-state index contributed by atoms with van der Waals surface area (Å²) in [6.07, 6.45) is 3.53. The molecule has 1 aliphatic heterocycles. The Morgan fingerprint density at radius 3 is 2.67 bits per heavy atom. The van der Waals surface area contributed by atoms with Crippen molar-refractivity contribution in [2.24, 2.45) is 7.05 Å². The van der Waals surface area contributed by atoms with Crippen LogP contribution in [0, 0.1) is 0 Å². The molecule has 0 radical (unpaired) electrons. The molecule has 2 heterocycles. The molecule has 1 amide bonds. The van der Waals surface area contributed by atoms with E-state index in [0.29, 0.717) is 19.6 Å². The summed E-state index contributed by atoms with van der Waals surface area (Å²) in [5.41, 5.74) is 0.0712. The zero-order valence-corrected chi connectivity index (χ0v) is 11.1. The van der Waals surface area contributed by atoms with Crippen molar-refractivity contribution in [3.05, 3.63) is 12.4 Å². The molecule has 1 saturated heterocycles. The van der Waals surface area contributed by atoms with Crippen molar-refractivity contribution in [2.45, 2.75) is 19.4 Å². The van der Waals surface area contributed by atoms with Crippen molar-refractivity contribution in [2.75, 3.05) is 31.1 Å². The lowest BCUT2D eigenvalue weighted by molar-refractivity contribution is -0.122. The number of carbonyl (C=O) groups excluding carboxylic acids is 1. The SMILES string of the molecule is Cn1cc(N2CCN(CC(C)(C)O)CC2=O)cn1. The Morgan fingerprint density at radius 1 is 1.44 bits per heavy atom. The normalized spacial score (nSPS) is 18.4. The quantitative estimate of drug-likeness (QED) is 0.812. The van der Waals surface area contributed by atoms with Crippen LogP contribution in [0.4, 0.5) is 5.69 Å². The molecule has 1 aromatic heterocycles. The molecule has 0 saturated carbocycles. The maximum Gasteiger partial charge on any atom is 0.241 e. The number of β-amino-alcohol motifs (C(OH)–C–C–N with tert-alkyl or cyclic N) is 1. The predicted octanol–water partition coefficient (Wildman–Crippen LogP) is -0.160. The van der Waals surface area contributed by atoms with E-state index in [0.717, 1.165) is 12.2 Å². The van der Waals surface area contributed by atoms with Crippen LogP contribution in [-0.2, 0) is 11.8 Å². The maximum absolute atomic E-state index is 12.1. The van der Waals surface area contributed by atoms with E-state index in [4.69, 9.17) is 0 Å². The molecule has 1 fully saturated rings. The Morgan fingerprint density at radius 2 is 2.17 bits per heavy atom. The van der Waals surface area contributed by atoms with Gasteiger partial charge in [-0.05, 0) is 13.8 Å². The minimum atomic E-state index is -0.767. The summed E-state index contributed by atoms with van der Waals surface area (Å²) in [4.78, 5) is 15.8. The summed E-state index contributed by atoms with van der Waals surface area (Å²) in [6, 6.07) is 0. The van der Waals surface area contributed by atoms with Crippen molar-refractivity contribution >= 4 is 11.6 Å². The lowest BCUT2D eigenvalue weighted by Crippen LogP contribution is -2.53. The van der Waals surface area contributed by atoms with E-state index >= 15 is 0 Å². The van der Waals surface area contributed by atoms with Gasteiger partial charge in [-0.15, -0.1) is 0 Å². The molecule has 6 nitrogen and oxygen atoms in total. The van der Waals surface area contributed by atoms with Gasteiger partial charge in [0.05, 0.1) is 24.0 Å². The predicted molar refractivity (Wildman–Crippen MR) is 68.3 cm³/mol. The zero-order valence-electron chi connectivity index (χ0n) is 11.1. The van der Waals surface area contributed by atoms with Crippen molar-refractivity contribution in [1.29, 1.82) is 0 Å². The van der Waals surface area contributed by atoms with E-state index in [1.807, 2.05) is 18.1 Å². The Kier molecular flexibility index (Phi) is 3.41. The molecule has 1 aliphatic rings. The maximum atomic E-state index is 12.1. The van der Waals surface area contributed by atoms with Gasteiger partial charge in [0.15, 0.2) is 0 Å². The molecule has 6 heteroatoms. The molecule has 18 heavy (non-hydrogen) atoms. The average Bonchev–Trinajstić information content (AvgIpc) is 2.62. The molecule has 0 unspecified atom stereocenters. The first-order chi connectivity index (χ1) is 8.35. The molecule has 1 aromatic rings. The fraction of sp³-hybridized carbons (Fsp3) is 0.667. The highest BCUT2D eigenvalue weighted by Crippen LogP contribution is 2.17. The van der Waals surface area contributed by atoms with Crippen LogP contribution in [0.2, 0.25) is 0 Å². The van der Waals surface area contributed by atoms with Gasteiger partial charge >= 0.3 is 0 Å². The lowest BCUT2D eigenvalue weighted by Gasteiger charge is -2.36. The van der Waals surface area contributed by atoms with Gasteiger partial charge in [-0.2, -0.15) is 5.10 Å². The van der Waals surface area contributed by atoms with Crippen LogP contribution in [0.25, 0.3) is 0 Å². The van der Waals surface area contributed by atoms with E-state index in [2.05, 4.69) is 5.10 Å². The third-order valence-corrected chi connectivity index (χ3v) is 2.91. The van der Waals surface area contributed by atoms with Crippen molar-refractivity contribution < 1.29 is 9.90 Å². The summed E-state index contributed by atoms with van der Waals surface area (Å²) in [5.74, 6) is 0.0542. The third-order valence-electron chi connectivity index (χ3n) is 2.91. The van der Waals surface area contributed by atoms with E-state index < -0.39 is 5.60 Å². The Hall–Kier alpha value is -1.40. The Balaban J connectivity index is 1.99. The smallest absolute Gasteiger partial charge is 0.241 e. The van der Waals surface area contributed by atoms with Crippen LogP contribution in [-0.4, -0.2) is 57.5 Å². The van der Waals surface area contributed by atoms with E-state index in [1.54, 1.807) is 29.6 Å². The van der Waals surface area contributed by atoms with E-state index in [9.17, 15) is 9.90 Å². The van der Waals surface area contributed by atoms with Crippen molar-refractivity contribution in [3.8, 4) is 0 Å². The zero-order chi connectivity index (χ0) is 13.3. The van der Waals surface area contributed by atoms with Crippen LogP contribution in [0.15, 0.2) is 12.4 Å². The lowest BCUT2D eigenvalue weighted by atomic mass is 10.1. The van der Waals surface area contributed by atoms with Crippen LogP contribution in [0.1, 0.15) is 13.8 Å². The number of nitrogens with zero attached hydrogens (tertiary/aromatic N) is 4. The number of hydrogen-bond donors (Lipinski definition) is 1. The monoisotopic (exact) mass is 252 g/mol. The summed E-state index contributed by atoms with van der Waals surface area (Å²) in [6.45, 7) is 5.78. The second kappa shape index (κ2) is 4.70. The van der Waals surface area contributed by atoms with Gasteiger partial charge in [-0.25, -0.2) is 0 Å². The number of aryl methyl sites for hydroxylation is 1. The highest BCUT2D eigenvalue weighted by atomic mass is 16.3. The molecule has 0 atom stereocenters. The third kappa shape index (κ3) is 3.08. The molecule has 2 rings (SSSR count). The molecule has 1 N–H and O–H groups in total. The van der Waals surface area contributed by atoms with Crippen molar-refractivity contribution in [1.82, 2.24) is 14.7 Å². The Labute approximate surface area is 107 Å². The first-order valence-electron chi connectivity index (χ1n) is 6.09. The molecular formula is C12H20N4O2. The number of anilines is 1. The molecule has 100 valence electrons. The molecule has 0 bridgehead atoms. The van der Waals surface area contributed by atoms with E-state index in [1.165, 1.54) is 0 Å². The summed E-state index contributed by atoms with van der Waals surface area (Å²) in [5, 5.41) is 13.8.